The first-order chi connectivity index (χ1) is 9.29. The minimum Gasteiger partial charge on any atom is -0.463 e. The Balaban J connectivity index is 1.77. The van der Waals surface area contributed by atoms with E-state index >= 15 is 0 Å². The lowest BCUT2D eigenvalue weighted by Crippen LogP contribution is -2.36. The summed E-state index contributed by atoms with van der Waals surface area (Å²) in [5.74, 6) is -0.310. The molecule has 1 saturated heterocycles. The van der Waals surface area contributed by atoms with Gasteiger partial charge >= 0.3 is 5.97 Å². The largest absolute Gasteiger partial charge is 0.463 e. The summed E-state index contributed by atoms with van der Waals surface area (Å²) in [4.78, 5) is 13.5. The molecule has 0 saturated carbocycles. The standard InChI is InChI=1S/C15H22N2O2/c16-11-15(18)19-12-14-7-4-9-17(14)10-8-13-5-2-1-3-6-13/h1-3,5-6,14H,4,7-12,16H2. The highest BCUT2D eigenvalue weighted by atomic mass is 16.5. The first-order valence-corrected chi connectivity index (χ1v) is 6.93. The summed E-state index contributed by atoms with van der Waals surface area (Å²) < 4.78 is 5.15. The molecule has 0 aromatic heterocycles. The molecule has 1 unspecified atom stereocenters. The number of nitrogens with two attached hydrogens (primary N) is 1. The Morgan fingerprint density at radius 3 is 2.89 bits per heavy atom. The predicted molar refractivity (Wildman–Crippen MR) is 74.8 cm³/mol. The zero-order valence-corrected chi connectivity index (χ0v) is 11.3. The number of ether oxygens (including phenoxy) is 1. The molecule has 1 aromatic carbocycles. The van der Waals surface area contributed by atoms with Gasteiger partial charge in [-0.25, -0.2) is 0 Å². The average Bonchev–Trinajstić information content (AvgIpc) is 2.91. The SMILES string of the molecule is NCC(=O)OCC1CCCN1CCc1ccccc1. The Hall–Kier alpha value is -1.39. The number of nitrogens with zero attached hydrogens (tertiary/aromatic N) is 1. The molecule has 2 N–H and O–H groups in total. The Morgan fingerprint density at radius 2 is 2.16 bits per heavy atom. The molecule has 1 heterocycles. The molecule has 104 valence electrons. The van der Waals surface area contributed by atoms with E-state index in [1.54, 1.807) is 0 Å². The van der Waals surface area contributed by atoms with Crippen molar-refractivity contribution < 1.29 is 9.53 Å². The summed E-state index contributed by atoms with van der Waals surface area (Å²) in [6.07, 6.45) is 3.33. The van der Waals surface area contributed by atoms with E-state index in [0.29, 0.717) is 12.6 Å². The maximum absolute atomic E-state index is 11.1. The molecule has 0 bridgehead atoms. The van der Waals surface area contributed by atoms with E-state index in [4.69, 9.17) is 10.5 Å². The summed E-state index contributed by atoms with van der Waals surface area (Å²) in [5.41, 5.74) is 6.59. The number of carbonyl (C=O) groups is 1. The second-order valence-corrected chi connectivity index (χ2v) is 4.95. The highest BCUT2D eigenvalue weighted by Gasteiger charge is 2.25. The lowest BCUT2D eigenvalue weighted by atomic mass is 10.1. The van der Waals surface area contributed by atoms with Gasteiger partial charge in [-0.3, -0.25) is 9.69 Å². The third-order valence-electron chi connectivity index (χ3n) is 3.63. The van der Waals surface area contributed by atoms with Gasteiger partial charge in [-0.05, 0) is 31.4 Å². The summed E-state index contributed by atoms with van der Waals surface area (Å²) in [5, 5.41) is 0. The molecule has 0 radical (unpaired) electrons. The van der Waals surface area contributed by atoms with Crippen molar-refractivity contribution in [1.82, 2.24) is 4.90 Å². The first-order valence-electron chi connectivity index (χ1n) is 6.93. The third kappa shape index (κ3) is 4.33. The van der Waals surface area contributed by atoms with Crippen LogP contribution >= 0.6 is 0 Å². The van der Waals surface area contributed by atoms with Crippen LogP contribution < -0.4 is 5.73 Å². The van der Waals surface area contributed by atoms with Crippen LogP contribution in [-0.2, 0) is 16.0 Å². The molecule has 4 nitrogen and oxygen atoms in total. The normalized spacial score (nSPS) is 19.5. The van der Waals surface area contributed by atoms with Crippen molar-refractivity contribution >= 4 is 5.97 Å². The fourth-order valence-electron chi connectivity index (χ4n) is 2.54. The molecular formula is C15H22N2O2. The molecular weight excluding hydrogens is 240 g/mol. The fraction of sp³-hybridized carbons (Fsp3) is 0.533. The molecule has 1 fully saturated rings. The second-order valence-electron chi connectivity index (χ2n) is 4.95. The zero-order chi connectivity index (χ0) is 13.5. The van der Waals surface area contributed by atoms with Gasteiger partial charge in [-0.1, -0.05) is 30.3 Å². The number of likely N-dealkylation sites (tertiary alicyclic amines) is 1. The minimum atomic E-state index is -0.310. The van der Waals surface area contributed by atoms with Crippen LogP contribution in [0.5, 0.6) is 0 Å². The van der Waals surface area contributed by atoms with Crippen molar-refractivity contribution in [3.63, 3.8) is 0 Å². The summed E-state index contributed by atoms with van der Waals surface area (Å²) in [7, 11) is 0. The molecule has 1 aliphatic heterocycles. The quantitative estimate of drug-likeness (QED) is 0.783. The average molecular weight is 262 g/mol. The topological polar surface area (TPSA) is 55.6 Å². The Bertz CT molecular complexity index is 394. The number of esters is 1. The van der Waals surface area contributed by atoms with Crippen LogP contribution in [0.25, 0.3) is 0 Å². The molecule has 2 rings (SSSR count). The van der Waals surface area contributed by atoms with Gasteiger partial charge in [0.2, 0.25) is 0 Å². The van der Waals surface area contributed by atoms with E-state index in [1.807, 2.05) is 6.07 Å². The van der Waals surface area contributed by atoms with Crippen LogP contribution in [0.2, 0.25) is 0 Å². The molecule has 1 atom stereocenters. The summed E-state index contributed by atoms with van der Waals surface area (Å²) in [6.45, 7) is 2.56. The van der Waals surface area contributed by atoms with Crippen LogP contribution in [0.1, 0.15) is 18.4 Å². The van der Waals surface area contributed by atoms with Crippen molar-refractivity contribution in [2.45, 2.75) is 25.3 Å². The monoisotopic (exact) mass is 262 g/mol. The van der Waals surface area contributed by atoms with E-state index in [-0.39, 0.29) is 12.5 Å². The van der Waals surface area contributed by atoms with Crippen molar-refractivity contribution in [3.8, 4) is 0 Å². The third-order valence-corrected chi connectivity index (χ3v) is 3.63. The molecule has 0 spiro atoms. The molecule has 0 amide bonds. The second kappa shape index (κ2) is 7.26. The van der Waals surface area contributed by atoms with Gasteiger partial charge in [-0.15, -0.1) is 0 Å². The van der Waals surface area contributed by atoms with Crippen molar-refractivity contribution in [3.05, 3.63) is 35.9 Å². The van der Waals surface area contributed by atoms with Crippen LogP contribution in [0.15, 0.2) is 30.3 Å². The molecule has 19 heavy (non-hydrogen) atoms. The maximum atomic E-state index is 11.1. The van der Waals surface area contributed by atoms with Crippen LogP contribution in [-0.4, -0.2) is 43.2 Å². The van der Waals surface area contributed by atoms with E-state index < -0.39 is 0 Å². The number of rotatable bonds is 6. The Labute approximate surface area is 114 Å². The van der Waals surface area contributed by atoms with Crippen LogP contribution in [0, 0.1) is 0 Å². The lowest BCUT2D eigenvalue weighted by Gasteiger charge is -2.24. The number of hydrogen-bond acceptors (Lipinski definition) is 4. The number of benzene rings is 1. The van der Waals surface area contributed by atoms with E-state index in [1.165, 1.54) is 12.0 Å². The Morgan fingerprint density at radius 1 is 1.37 bits per heavy atom. The minimum absolute atomic E-state index is 0.0310. The van der Waals surface area contributed by atoms with Crippen LogP contribution in [0.4, 0.5) is 0 Å². The van der Waals surface area contributed by atoms with Gasteiger partial charge in [0.1, 0.15) is 6.61 Å². The fourth-order valence-corrected chi connectivity index (χ4v) is 2.54. The van der Waals surface area contributed by atoms with E-state index in [0.717, 1.165) is 25.9 Å². The Kier molecular flexibility index (Phi) is 5.36. The predicted octanol–water partition coefficient (Wildman–Crippen LogP) is 1.20. The van der Waals surface area contributed by atoms with Gasteiger partial charge in [0.25, 0.3) is 0 Å². The van der Waals surface area contributed by atoms with E-state index in [9.17, 15) is 4.79 Å². The maximum Gasteiger partial charge on any atom is 0.319 e. The van der Waals surface area contributed by atoms with Crippen molar-refractivity contribution in [2.24, 2.45) is 5.73 Å². The molecule has 4 heteroatoms. The highest BCUT2D eigenvalue weighted by molar-refractivity contribution is 5.71. The summed E-state index contributed by atoms with van der Waals surface area (Å²) >= 11 is 0. The van der Waals surface area contributed by atoms with Gasteiger partial charge < -0.3 is 10.5 Å². The lowest BCUT2D eigenvalue weighted by molar-refractivity contribution is -0.143. The number of carbonyl (C=O) groups excluding carboxylic acids is 1. The molecule has 1 aromatic rings. The first kappa shape index (κ1) is 14.0. The zero-order valence-electron chi connectivity index (χ0n) is 11.3. The van der Waals surface area contributed by atoms with Crippen molar-refractivity contribution in [1.29, 1.82) is 0 Å². The van der Waals surface area contributed by atoms with Crippen LogP contribution in [0.3, 0.4) is 0 Å². The summed E-state index contributed by atoms with van der Waals surface area (Å²) in [6, 6.07) is 10.8. The molecule has 1 aliphatic rings. The van der Waals surface area contributed by atoms with Gasteiger partial charge in [0.15, 0.2) is 0 Å². The smallest absolute Gasteiger partial charge is 0.319 e. The van der Waals surface area contributed by atoms with Gasteiger partial charge in [0.05, 0.1) is 6.54 Å². The van der Waals surface area contributed by atoms with Gasteiger partial charge in [0, 0.05) is 12.6 Å². The van der Waals surface area contributed by atoms with Crippen molar-refractivity contribution in [2.75, 3.05) is 26.2 Å². The molecule has 0 aliphatic carbocycles. The highest BCUT2D eigenvalue weighted by Crippen LogP contribution is 2.18. The van der Waals surface area contributed by atoms with E-state index in [2.05, 4.69) is 29.2 Å². The van der Waals surface area contributed by atoms with Gasteiger partial charge in [-0.2, -0.15) is 0 Å². The number of hydrogen-bond donors (Lipinski definition) is 1.